The lowest BCUT2D eigenvalue weighted by Gasteiger charge is -2.34. The molecule has 2 fully saturated rings. The van der Waals surface area contributed by atoms with Crippen LogP contribution in [-0.2, 0) is 4.79 Å². The Hall–Kier alpha value is -2.26. The standard InChI is InChI=1S/C17H26N6O3/c24-15(22-6-3-18-4-7-22)2-1-5-21-8-10-23(11-9-21)17-19-12-14(13-20-17)16(25)26/h12-13,18H,1-11H2,(H,25,26). The number of carboxylic acids is 1. The lowest BCUT2D eigenvalue weighted by atomic mass is 10.2. The van der Waals surface area contributed by atoms with Gasteiger partial charge in [0.15, 0.2) is 0 Å². The molecule has 9 nitrogen and oxygen atoms in total. The molecule has 0 unspecified atom stereocenters. The van der Waals surface area contributed by atoms with E-state index in [1.165, 1.54) is 12.4 Å². The first-order valence-corrected chi connectivity index (χ1v) is 9.14. The van der Waals surface area contributed by atoms with E-state index in [0.29, 0.717) is 12.4 Å². The molecule has 2 N–H and O–H groups in total. The Morgan fingerprint density at radius 1 is 1.04 bits per heavy atom. The first-order chi connectivity index (χ1) is 12.6. The summed E-state index contributed by atoms with van der Waals surface area (Å²) in [5.74, 6) is -0.183. The van der Waals surface area contributed by atoms with E-state index in [9.17, 15) is 9.59 Å². The van der Waals surface area contributed by atoms with Crippen LogP contribution < -0.4 is 10.2 Å². The Balaban J connectivity index is 1.37. The van der Waals surface area contributed by atoms with Crippen molar-refractivity contribution in [3.05, 3.63) is 18.0 Å². The third-order valence-corrected chi connectivity index (χ3v) is 4.87. The van der Waals surface area contributed by atoms with E-state index in [1.807, 2.05) is 4.90 Å². The third-order valence-electron chi connectivity index (χ3n) is 4.87. The van der Waals surface area contributed by atoms with Gasteiger partial charge in [0, 0.05) is 71.2 Å². The summed E-state index contributed by atoms with van der Waals surface area (Å²) in [6, 6.07) is 0. The maximum Gasteiger partial charge on any atom is 0.338 e. The fraction of sp³-hybridized carbons (Fsp3) is 0.647. The van der Waals surface area contributed by atoms with Gasteiger partial charge in [-0.15, -0.1) is 0 Å². The summed E-state index contributed by atoms with van der Waals surface area (Å²) in [5, 5.41) is 12.2. The number of anilines is 1. The molecule has 142 valence electrons. The van der Waals surface area contributed by atoms with Crippen LogP contribution in [0.25, 0.3) is 0 Å². The van der Waals surface area contributed by atoms with Gasteiger partial charge in [-0.05, 0) is 13.0 Å². The van der Waals surface area contributed by atoms with Crippen LogP contribution in [0.2, 0.25) is 0 Å². The summed E-state index contributed by atoms with van der Waals surface area (Å²) < 4.78 is 0. The molecule has 2 aliphatic heterocycles. The molecule has 0 aliphatic carbocycles. The van der Waals surface area contributed by atoms with Gasteiger partial charge in [-0.3, -0.25) is 9.69 Å². The highest BCUT2D eigenvalue weighted by molar-refractivity contribution is 5.86. The van der Waals surface area contributed by atoms with Gasteiger partial charge in [0.2, 0.25) is 11.9 Å². The van der Waals surface area contributed by atoms with E-state index in [2.05, 4.69) is 25.1 Å². The van der Waals surface area contributed by atoms with Gasteiger partial charge in [-0.1, -0.05) is 0 Å². The minimum atomic E-state index is -1.02. The number of nitrogens with zero attached hydrogens (tertiary/aromatic N) is 5. The Morgan fingerprint density at radius 3 is 2.31 bits per heavy atom. The van der Waals surface area contributed by atoms with E-state index in [1.54, 1.807) is 0 Å². The molecule has 1 aromatic rings. The van der Waals surface area contributed by atoms with Crippen molar-refractivity contribution in [1.29, 1.82) is 0 Å². The number of nitrogens with one attached hydrogen (secondary N) is 1. The van der Waals surface area contributed by atoms with Crippen LogP contribution in [-0.4, -0.2) is 95.7 Å². The highest BCUT2D eigenvalue weighted by Crippen LogP contribution is 2.12. The van der Waals surface area contributed by atoms with Gasteiger partial charge >= 0.3 is 5.97 Å². The van der Waals surface area contributed by atoms with Crippen LogP contribution in [0.1, 0.15) is 23.2 Å². The summed E-state index contributed by atoms with van der Waals surface area (Å²) in [7, 11) is 0. The summed E-state index contributed by atoms with van der Waals surface area (Å²) in [4.78, 5) is 37.7. The number of piperazine rings is 2. The Labute approximate surface area is 153 Å². The SMILES string of the molecule is O=C(O)c1cnc(N2CCN(CCCC(=O)N3CCNCC3)CC2)nc1. The first-order valence-electron chi connectivity index (χ1n) is 9.14. The number of carbonyl (C=O) groups excluding carboxylic acids is 1. The molecule has 26 heavy (non-hydrogen) atoms. The van der Waals surface area contributed by atoms with Crippen LogP contribution >= 0.6 is 0 Å². The average Bonchev–Trinajstić information content (AvgIpc) is 2.69. The number of carbonyl (C=O) groups is 2. The number of amides is 1. The number of hydrogen-bond acceptors (Lipinski definition) is 7. The van der Waals surface area contributed by atoms with Crippen molar-refractivity contribution in [2.24, 2.45) is 0 Å². The molecule has 0 bridgehead atoms. The molecule has 1 amide bonds. The van der Waals surface area contributed by atoms with Crippen molar-refractivity contribution in [3.63, 3.8) is 0 Å². The van der Waals surface area contributed by atoms with Crippen molar-refractivity contribution in [2.75, 3.05) is 63.8 Å². The number of aromatic nitrogens is 2. The van der Waals surface area contributed by atoms with Crippen molar-refractivity contribution in [2.45, 2.75) is 12.8 Å². The van der Waals surface area contributed by atoms with Gasteiger partial charge < -0.3 is 20.2 Å². The molecule has 2 aliphatic rings. The number of rotatable bonds is 6. The smallest absolute Gasteiger partial charge is 0.338 e. The van der Waals surface area contributed by atoms with Crippen LogP contribution in [0.5, 0.6) is 0 Å². The lowest BCUT2D eigenvalue weighted by Crippen LogP contribution is -2.48. The van der Waals surface area contributed by atoms with Crippen molar-refractivity contribution in [1.82, 2.24) is 25.1 Å². The number of carboxylic acid groups (broad SMARTS) is 1. The summed E-state index contributed by atoms with van der Waals surface area (Å²) in [6.07, 6.45) is 4.18. The van der Waals surface area contributed by atoms with E-state index in [0.717, 1.165) is 65.3 Å². The van der Waals surface area contributed by atoms with Crippen LogP contribution in [0, 0.1) is 0 Å². The molecule has 3 heterocycles. The van der Waals surface area contributed by atoms with Crippen LogP contribution in [0.4, 0.5) is 5.95 Å². The minimum absolute atomic E-state index is 0.0986. The summed E-state index contributed by atoms with van der Waals surface area (Å²) in [6.45, 7) is 7.74. The van der Waals surface area contributed by atoms with Crippen molar-refractivity contribution < 1.29 is 14.7 Å². The molecule has 2 saturated heterocycles. The minimum Gasteiger partial charge on any atom is -0.478 e. The summed E-state index contributed by atoms with van der Waals surface area (Å²) in [5.41, 5.74) is 0.0986. The van der Waals surface area contributed by atoms with Gasteiger partial charge in [-0.25, -0.2) is 14.8 Å². The lowest BCUT2D eigenvalue weighted by molar-refractivity contribution is -0.131. The quantitative estimate of drug-likeness (QED) is 0.699. The van der Waals surface area contributed by atoms with E-state index in [4.69, 9.17) is 5.11 Å². The fourth-order valence-corrected chi connectivity index (χ4v) is 3.29. The topological polar surface area (TPSA) is 102 Å². The molecule has 0 atom stereocenters. The molecular formula is C17H26N6O3. The molecule has 0 aromatic carbocycles. The van der Waals surface area contributed by atoms with Crippen molar-refractivity contribution in [3.8, 4) is 0 Å². The molecule has 0 spiro atoms. The highest BCUT2D eigenvalue weighted by atomic mass is 16.4. The van der Waals surface area contributed by atoms with Gasteiger partial charge in [0.05, 0.1) is 5.56 Å². The molecule has 3 rings (SSSR count). The van der Waals surface area contributed by atoms with Crippen LogP contribution in [0.15, 0.2) is 12.4 Å². The average molecular weight is 362 g/mol. The Morgan fingerprint density at radius 2 is 1.69 bits per heavy atom. The van der Waals surface area contributed by atoms with Crippen molar-refractivity contribution >= 4 is 17.8 Å². The van der Waals surface area contributed by atoms with Gasteiger partial charge in [-0.2, -0.15) is 0 Å². The zero-order chi connectivity index (χ0) is 18.4. The second-order valence-electron chi connectivity index (χ2n) is 6.64. The van der Waals surface area contributed by atoms with E-state index >= 15 is 0 Å². The molecule has 9 heteroatoms. The second kappa shape index (κ2) is 8.91. The number of hydrogen-bond donors (Lipinski definition) is 2. The highest BCUT2D eigenvalue weighted by Gasteiger charge is 2.20. The molecule has 1 aromatic heterocycles. The zero-order valence-electron chi connectivity index (χ0n) is 14.9. The predicted octanol–water partition coefficient (Wildman–Crippen LogP) is -0.491. The predicted molar refractivity (Wildman–Crippen MR) is 96.3 cm³/mol. The first kappa shape index (κ1) is 18.5. The third kappa shape index (κ3) is 4.89. The monoisotopic (exact) mass is 362 g/mol. The second-order valence-corrected chi connectivity index (χ2v) is 6.64. The fourth-order valence-electron chi connectivity index (χ4n) is 3.29. The maximum atomic E-state index is 12.2. The van der Waals surface area contributed by atoms with E-state index < -0.39 is 5.97 Å². The van der Waals surface area contributed by atoms with Gasteiger partial charge in [0.1, 0.15) is 0 Å². The Bertz CT molecular complexity index is 609. The van der Waals surface area contributed by atoms with Crippen LogP contribution in [0.3, 0.4) is 0 Å². The molecule has 0 saturated carbocycles. The normalized spacial score (nSPS) is 18.8. The van der Waals surface area contributed by atoms with Gasteiger partial charge in [0.25, 0.3) is 0 Å². The maximum absolute atomic E-state index is 12.2. The zero-order valence-corrected chi connectivity index (χ0v) is 14.9. The number of aromatic carboxylic acids is 1. The largest absolute Gasteiger partial charge is 0.478 e. The Kier molecular flexibility index (Phi) is 6.35. The molecule has 0 radical (unpaired) electrons. The molecular weight excluding hydrogens is 336 g/mol. The summed E-state index contributed by atoms with van der Waals surface area (Å²) >= 11 is 0. The van der Waals surface area contributed by atoms with E-state index in [-0.39, 0.29) is 11.5 Å².